The second-order valence-corrected chi connectivity index (χ2v) is 8.61. The summed E-state index contributed by atoms with van der Waals surface area (Å²) in [6, 6.07) is 6.31. The average molecular weight is 408 g/mol. The van der Waals surface area contributed by atoms with E-state index < -0.39 is 17.5 Å². The van der Waals surface area contributed by atoms with Crippen LogP contribution in [0.3, 0.4) is 0 Å². The Kier molecular flexibility index (Phi) is 7.10. The molecule has 0 saturated carbocycles. The maximum Gasteiger partial charge on any atom is 0.325 e. The fraction of sp³-hybridized carbons (Fsp3) is 0.571. The summed E-state index contributed by atoms with van der Waals surface area (Å²) in [5.41, 5.74) is -0.503. The van der Waals surface area contributed by atoms with Crippen LogP contribution in [-0.2, 0) is 15.1 Å². The Hall–Kier alpha value is -2.08. The zero-order valence-corrected chi connectivity index (χ0v) is 18.0. The molecule has 1 N–H and O–H groups in total. The van der Waals surface area contributed by atoms with Gasteiger partial charge in [-0.15, -0.1) is 0 Å². The molecule has 0 radical (unpaired) electrons. The predicted octanol–water partition coefficient (Wildman–Crippen LogP) is 3.64. The third-order valence-electron chi connectivity index (χ3n) is 4.86. The van der Waals surface area contributed by atoms with Gasteiger partial charge >= 0.3 is 6.03 Å². The van der Waals surface area contributed by atoms with Gasteiger partial charge in [0.2, 0.25) is 5.91 Å². The van der Waals surface area contributed by atoms with E-state index in [4.69, 9.17) is 11.6 Å². The highest BCUT2D eigenvalue weighted by Crippen LogP contribution is 2.33. The molecule has 0 bridgehead atoms. The van der Waals surface area contributed by atoms with Crippen molar-refractivity contribution >= 4 is 29.4 Å². The Morgan fingerprint density at radius 3 is 2.11 bits per heavy atom. The number of nitrogens with one attached hydrogen (secondary N) is 1. The van der Waals surface area contributed by atoms with Crippen LogP contribution in [-0.4, -0.2) is 47.3 Å². The molecular formula is C21H30ClN3O3. The number of urea groups is 1. The van der Waals surface area contributed by atoms with Crippen molar-refractivity contribution in [3.63, 3.8) is 0 Å². The molecule has 0 unspecified atom stereocenters. The van der Waals surface area contributed by atoms with E-state index in [1.54, 1.807) is 29.2 Å². The van der Waals surface area contributed by atoms with Crippen molar-refractivity contribution in [2.24, 2.45) is 11.8 Å². The lowest BCUT2D eigenvalue weighted by Crippen LogP contribution is -2.47. The van der Waals surface area contributed by atoms with E-state index in [-0.39, 0.29) is 12.5 Å². The Labute approximate surface area is 172 Å². The maximum atomic E-state index is 13.2. The SMILES string of the molecule is CC[C@]1(c2ccc(Cl)cc2)NC(=O)N(CC(=O)N(CC(C)C)CC(C)C)C1=O. The van der Waals surface area contributed by atoms with E-state index in [2.05, 4.69) is 5.32 Å². The lowest BCUT2D eigenvalue weighted by molar-refractivity contribution is -0.139. The Bertz CT molecular complexity index is 723. The lowest BCUT2D eigenvalue weighted by atomic mass is 9.87. The van der Waals surface area contributed by atoms with Crippen molar-refractivity contribution in [1.82, 2.24) is 15.1 Å². The second-order valence-electron chi connectivity index (χ2n) is 8.17. The molecular weight excluding hydrogens is 378 g/mol. The lowest BCUT2D eigenvalue weighted by Gasteiger charge is -2.28. The van der Waals surface area contributed by atoms with Crippen LogP contribution in [0, 0.1) is 11.8 Å². The van der Waals surface area contributed by atoms with Gasteiger partial charge in [-0.05, 0) is 36.0 Å². The summed E-state index contributed by atoms with van der Waals surface area (Å²) in [7, 11) is 0. The quantitative estimate of drug-likeness (QED) is 0.669. The average Bonchev–Trinajstić information content (AvgIpc) is 2.86. The summed E-state index contributed by atoms with van der Waals surface area (Å²) >= 11 is 5.95. The summed E-state index contributed by atoms with van der Waals surface area (Å²) in [6.45, 7) is 10.9. The molecule has 1 atom stereocenters. The number of imide groups is 1. The van der Waals surface area contributed by atoms with Gasteiger partial charge in [0.15, 0.2) is 0 Å². The zero-order chi connectivity index (χ0) is 21.1. The molecule has 7 heteroatoms. The molecule has 1 saturated heterocycles. The van der Waals surface area contributed by atoms with E-state index in [0.717, 1.165) is 4.90 Å². The Morgan fingerprint density at radius 1 is 1.11 bits per heavy atom. The highest BCUT2D eigenvalue weighted by molar-refractivity contribution is 6.30. The number of benzene rings is 1. The summed E-state index contributed by atoms with van der Waals surface area (Å²) in [6.07, 6.45) is 0.381. The number of amides is 4. The molecule has 6 nitrogen and oxygen atoms in total. The fourth-order valence-corrected chi connectivity index (χ4v) is 3.66. The normalized spacial score (nSPS) is 19.5. The molecule has 1 aliphatic rings. The van der Waals surface area contributed by atoms with Gasteiger partial charge in [-0.3, -0.25) is 14.5 Å². The minimum atomic E-state index is -1.16. The number of rotatable bonds is 8. The molecule has 4 amide bonds. The van der Waals surface area contributed by atoms with Crippen LogP contribution >= 0.6 is 11.6 Å². The first-order chi connectivity index (χ1) is 13.1. The molecule has 154 valence electrons. The van der Waals surface area contributed by atoms with E-state index in [0.29, 0.717) is 41.9 Å². The highest BCUT2D eigenvalue weighted by atomic mass is 35.5. The van der Waals surface area contributed by atoms with Gasteiger partial charge in [0.1, 0.15) is 12.1 Å². The van der Waals surface area contributed by atoms with E-state index in [9.17, 15) is 14.4 Å². The van der Waals surface area contributed by atoms with Crippen molar-refractivity contribution < 1.29 is 14.4 Å². The van der Waals surface area contributed by atoms with Crippen LogP contribution in [0.2, 0.25) is 5.02 Å². The van der Waals surface area contributed by atoms with Crippen molar-refractivity contribution in [2.75, 3.05) is 19.6 Å². The first kappa shape index (κ1) is 22.2. The van der Waals surface area contributed by atoms with Crippen LogP contribution in [0.4, 0.5) is 4.79 Å². The predicted molar refractivity (Wildman–Crippen MR) is 110 cm³/mol. The van der Waals surface area contributed by atoms with Gasteiger partial charge in [-0.25, -0.2) is 4.79 Å². The Morgan fingerprint density at radius 2 is 1.64 bits per heavy atom. The van der Waals surface area contributed by atoms with Gasteiger partial charge in [0.25, 0.3) is 5.91 Å². The monoisotopic (exact) mass is 407 g/mol. The number of carbonyl (C=O) groups excluding carboxylic acids is 3. The summed E-state index contributed by atoms with van der Waals surface area (Å²) < 4.78 is 0. The van der Waals surface area contributed by atoms with E-state index >= 15 is 0 Å². The number of hydrogen-bond acceptors (Lipinski definition) is 3. The Balaban J connectivity index is 2.24. The minimum absolute atomic E-state index is 0.214. The number of hydrogen-bond donors (Lipinski definition) is 1. The highest BCUT2D eigenvalue weighted by Gasteiger charge is 2.51. The molecule has 1 aromatic carbocycles. The second kappa shape index (κ2) is 8.95. The van der Waals surface area contributed by atoms with Crippen molar-refractivity contribution in [3.05, 3.63) is 34.9 Å². The molecule has 1 fully saturated rings. The first-order valence-corrected chi connectivity index (χ1v) is 10.2. The third-order valence-corrected chi connectivity index (χ3v) is 5.11. The van der Waals surface area contributed by atoms with Crippen LogP contribution < -0.4 is 5.32 Å². The van der Waals surface area contributed by atoms with Crippen molar-refractivity contribution in [3.8, 4) is 0 Å². The van der Waals surface area contributed by atoms with Gasteiger partial charge in [-0.2, -0.15) is 0 Å². The molecule has 0 aromatic heterocycles. The number of halogens is 1. The van der Waals surface area contributed by atoms with Gasteiger partial charge < -0.3 is 10.2 Å². The van der Waals surface area contributed by atoms with Crippen LogP contribution in [0.5, 0.6) is 0 Å². The minimum Gasteiger partial charge on any atom is -0.341 e. The molecule has 1 heterocycles. The molecule has 1 aliphatic heterocycles. The fourth-order valence-electron chi connectivity index (χ4n) is 3.54. The largest absolute Gasteiger partial charge is 0.341 e. The van der Waals surface area contributed by atoms with Crippen molar-refractivity contribution in [1.29, 1.82) is 0 Å². The smallest absolute Gasteiger partial charge is 0.325 e. The van der Waals surface area contributed by atoms with Crippen LogP contribution in [0.1, 0.15) is 46.6 Å². The molecule has 2 rings (SSSR count). The van der Waals surface area contributed by atoms with Gasteiger partial charge in [-0.1, -0.05) is 58.4 Å². The first-order valence-electron chi connectivity index (χ1n) is 9.78. The number of nitrogens with zero attached hydrogens (tertiary/aromatic N) is 2. The topological polar surface area (TPSA) is 69.7 Å². The summed E-state index contributed by atoms with van der Waals surface area (Å²) in [4.78, 5) is 41.4. The van der Waals surface area contributed by atoms with E-state index in [1.165, 1.54) is 0 Å². The molecule has 28 heavy (non-hydrogen) atoms. The maximum absolute atomic E-state index is 13.2. The van der Waals surface area contributed by atoms with Gasteiger partial charge in [0.05, 0.1) is 0 Å². The van der Waals surface area contributed by atoms with Crippen LogP contribution in [0.25, 0.3) is 0 Å². The van der Waals surface area contributed by atoms with Crippen molar-refractivity contribution in [2.45, 2.75) is 46.6 Å². The molecule has 1 aromatic rings. The number of carbonyl (C=O) groups is 3. The molecule has 0 spiro atoms. The summed E-state index contributed by atoms with van der Waals surface area (Å²) in [5, 5.41) is 3.35. The van der Waals surface area contributed by atoms with Gasteiger partial charge in [0, 0.05) is 18.1 Å². The van der Waals surface area contributed by atoms with E-state index in [1.807, 2.05) is 34.6 Å². The summed E-state index contributed by atoms with van der Waals surface area (Å²) in [5.74, 6) is -0.0113. The zero-order valence-electron chi connectivity index (χ0n) is 17.3. The van der Waals surface area contributed by atoms with Crippen LogP contribution in [0.15, 0.2) is 24.3 Å². The molecule has 0 aliphatic carbocycles. The standard InChI is InChI=1S/C21H30ClN3O3/c1-6-21(16-7-9-17(22)10-8-16)19(27)25(20(28)23-21)13-18(26)24(11-14(2)3)12-15(4)5/h7-10,14-15H,6,11-13H2,1-5H3,(H,23,28)/t21-/m1/s1. The third kappa shape index (κ3) is 4.66.